The first-order chi connectivity index (χ1) is 18.1. The number of aromatic nitrogens is 3. The van der Waals surface area contributed by atoms with E-state index in [9.17, 15) is 15.4 Å². The summed E-state index contributed by atoms with van der Waals surface area (Å²) in [6.45, 7) is 14.3. The summed E-state index contributed by atoms with van der Waals surface area (Å²) in [5, 5.41) is 3.25. The standard InChI is InChI=1S/C29H37FN4O3Si/c1-9-10-25(37-38(7,8)29(3,4)5)23-11-17(2)21(16-31-23)19-12-18-15-32-26(14-24(18)34(6)28(19)36)33-27(35)20-13-22(20)30/h9-12,14-16,20,22,25H,13H2,1-8H3,(H,32,33,35)/t20-,22+,25?/m0/s1/i25D. The zero-order chi connectivity index (χ0) is 28.9. The maximum atomic E-state index is 13.4. The lowest BCUT2D eigenvalue weighted by Crippen LogP contribution is -2.41. The van der Waals surface area contributed by atoms with Gasteiger partial charge in [0.15, 0.2) is 8.32 Å². The molecule has 3 atom stereocenters. The van der Waals surface area contributed by atoms with E-state index in [0.717, 1.165) is 5.56 Å². The molecule has 7 nitrogen and oxygen atoms in total. The minimum Gasteiger partial charge on any atom is -0.405 e. The number of pyridine rings is 3. The Hall–Kier alpha value is -3.17. The summed E-state index contributed by atoms with van der Waals surface area (Å²) < 4.78 is 30.4. The van der Waals surface area contributed by atoms with Crippen molar-refractivity contribution >= 4 is 30.9 Å². The summed E-state index contributed by atoms with van der Waals surface area (Å²) in [4.78, 5) is 34.5. The lowest BCUT2D eigenvalue weighted by atomic mass is 10.0. The summed E-state index contributed by atoms with van der Waals surface area (Å²) in [6, 6.07) is 5.18. The Bertz CT molecular complexity index is 1530. The number of hydrogen-bond acceptors (Lipinski definition) is 5. The largest absolute Gasteiger partial charge is 0.405 e. The second kappa shape index (κ2) is 10.2. The number of rotatable bonds is 7. The molecule has 3 aromatic heterocycles. The van der Waals surface area contributed by atoms with Crippen molar-refractivity contribution < 1.29 is 15.0 Å². The quantitative estimate of drug-likeness (QED) is 0.285. The number of carbonyl (C=O) groups is 1. The van der Waals surface area contributed by atoms with Gasteiger partial charge >= 0.3 is 0 Å². The third-order valence-electron chi connectivity index (χ3n) is 7.55. The molecule has 1 aliphatic rings. The second-order valence-corrected chi connectivity index (χ2v) is 16.2. The van der Waals surface area contributed by atoms with Crippen LogP contribution in [0.5, 0.6) is 0 Å². The molecule has 38 heavy (non-hydrogen) atoms. The molecule has 0 aromatic carbocycles. The molecular formula is C29H37FN4O3Si. The van der Waals surface area contributed by atoms with Crippen LogP contribution < -0.4 is 10.9 Å². The van der Waals surface area contributed by atoms with Gasteiger partial charge in [0.1, 0.15) is 18.1 Å². The molecule has 1 aliphatic carbocycles. The monoisotopic (exact) mass is 537 g/mol. The Labute approximate surface area is 225 Å². The number of fused-ring (bicyclic) bond motifs is 1. The number of halogens is 1. The van der Waals surface area contributed by atoms with E-state index in [1.807, 2.05) is 19.9 Å². The Morgan fingerprint density at radius 3 is 2.53 bits per heavy atom. The maximum absolute atomic E-state index is 13.4. The van der Waals surface area contributed by atoms with Crippen molar-refractivity contribution in [1.29, 1.82) is 0 Å². The number of allylic oxidation sites excluding steroid dienone is 1. The molecule has 0 radical (unpaired) electrons. The van der Waals surface area contributed by atoms with Gasteiger partial charge in [-0.15, -0.1) is 0 Å². The van der Waals surface area contributed by atoms with Crippen LogP contribution in [0.2, 0.25) is 18.1 Å². The van der Waals surface area contributed by atoms with Crippen LogP contribution in [0, 0.1) is 12.8 Å². The second-order valence-electron chi connectivity index (χ2n) is 11.5. The van der Waals surface area contributed by atoms with E-state index in [1.54, 1.807) is 43.7 Å². The van der Waals surface area contributed by atoms with E-state index in [4.69, 9.17) is 4.43 Å². The van der Waals surface area contributed by atoms with Crippen molar-refractivity contribution in [2.24, 2.45) is 13.0 Å². The van der Waals surface area contributed by atoms with Gasteiger partial charge in [-0.2, -0.15) is 0 Å². The topological polar surface area (TPSA) is 86.1 Å². The van der Waals surface area contributed by atoms with Crippen molar-refractivity contribution in [3.8, 4) is 11.1 Å². The van der Waals surface area contributed by atoms with Gasteiger partial charge in [0.25, 0.3) is 5.56 Å². The highest BCUT2D eigenvalue weighted by Crippen LogP contribution is 2.40. The Morgan fingerprint density at radius 1 is 1.26 bits per heavy atom. The highest BCUT2D eigenvalue weighted by atomic mass is 28.4. The SMILES string of the molecule is [2H]C(C=CC)(O[Si](C)(C)C(C)(C)C)c1cc(C)c(-c2cc3cnc(NC(=O)[C@H]4C[C@H]4F)cc3n(C)c2=O)cn1. The van der Waals surface area contributed by atoms with Gasteiger partial charge in [-0.05, 0) is 56.1 Å². The maximum Gasteiger partial charge on any atom is 0.258 e. The predicted molar refractivity (Wildman–Crippen MR) is 152 cm³/mol. The highest BCUT2D eigenvalue weighted by molar-refractivity contribution is 6.74. The predicted octanol–water partition coefficient (Wildman–Crippen LogP) is 6.24. The molecule has 1 N–H and O–H groups in total. The number of amides is 1. The van der Waals surface area contributed by atoms with Crippen LogP contribution in [0.4, 0.5) is 10.2 Å². The van der Waals surface area contributed by atoms with Crippen LogP contribution in [0.1, 0.15) is 52.8 Å². The highest BCUT2D eigenvalue weighted by Gasteiger charge is 2.43. The molecule has 9 heteroatoms. The van der Waals surface area contributed by atoms with Gasteiger partial charge < -0.3 is 14.3 Å². The van der Waals surface area contributed by atoms with Crippen molar-refractivity contribution in [2.45, 2.75) is 71.4 Å². The van der Waals surface area contributed by atoms with Crippen LogP contribution in [0.25, 0.3) is 22.0 Å². The summed E-state index contributed by atoms with van der Waals surface area (Å²) in [6.07, 6.45) is 4.39. The first-order valence-corrected chi connectivity index (χ1v) is 15.7. The van der Waals surface area contributed by atoms with Crippen molar-refractivity contribution in [1.82, 2.24) is 14.5 Å². The summed E-state index contributed by atoms with van der Waals surface area (Å²) in [5.41, 5.74) is 2.69. The third kappa shape index (κ3) is 5.49. The number of carbonyl (C=O) groups excluding carboxylic acids is 1. The van der Waals surface area contributed by atoms with Crippen molar-refractivity contribution in [3.63, 3.8) is 0 Å². The molecule has 3 aromatic rings. The average Bonchev–Trinajstić information content (AvgIpc) is 3.57. The molecule has 1 fully saturated rings. The van der Waals surface area contributed by atoms with Gasteiger partial charge in [-0.1, -0.05) is 32.9 Å². The van der Waals surface area contributed by atoms with Gasteiger partial charge in [0, 0.05) is 42.0 Å². The lowest BCUT2D eigenvalue weighted by Gasteiger charge is -2.38. The molecule has 4 rings (SSSR count). The Balaban J connectivity index is 1.71. The summed E-state index contributed by atoms with van der Waals surface area (Å²) >= 11 is 0. The van der Waals surface area contributed by atoms with Crippen LogP contribution >= 0.6 is 0 Å². The molecule has 1 unspecified atom stereocenters. The molecular weight excluding hydrogens is 499 g/mol. The fourth-order valence-electron chi connectivity index (χ4n) is 4.00. The molecule has 0 saturated heterocycles. The fraction of sp³-hybridized carbons (Fsp3) is 0.448. The number of hydrogen-bond donors (Lipinski definition) is 1. The van der Waals surface area contributed by atoms with Gasteiger partial charge in [-0.3, -0.25) is 14.6 Å². The van der Waals surface area contributed by atoms with E-state index < -0.39 is 32.4 Å². The van der Waals surface area contributed by atoms with Crippen LogP contribution in [-0.4, -0.2) is 34.9 Å². The first kappa shape index (κ1) is 26.4. The van der Waals surface area contributed by atoms with Crippen molar-refractivity contribution in [3.05, 3.63) is 64.4 Å². The molecule has 0 bridgehead atoms. The van der Waals surface area contributed by atoms with Crippen LogP contribution in [0.3, 0.4) is 0 Å². The summed E-state index contributed by atoms with van der Waals surface area (Å²) in [5.74, 6) is -0.762. The zero-order valence-corrected chi connectivity index (χ0v) is 24.3. The van der Waals surface area contributed by atoms with Crippen LogP contribution in [0.15, 0.2) is 47.5 Å². The normalized spacial score (nSPS) is 19.9. The lowest BCUT2D eigenvalue weighted by molar-refractivity contribution is -0.117. The summed E-state index contributed by atoms with van der Waals surface area (Å²) in [7, 11) is -0.651. The van der Waals surface area contributed by atoms with Crippen molar-refractivity contribution in [2.75, 3.05) is 5.32 Å². The van der Waals surface area contributed by atoms with Gasteiger partial charge in [-0.25, -0.2) is 9.37 Å². The Kier molecular flexibility index (Phi) is 7.08. The van der Waals surface area contributed by atoms with Gasteiger partial charge in [0.2, 0.25) is 5.91 Å². The molecule has 3 heterocycles. The number of alkyl halides is 1. The zero-order valence-electron chi connectivity index (χ0n) is 24.3. The van der Waals surface area contributed by atoms with E-state index in [-0.39, 0.29) is 22.8 Å². The molecule has 1 amide bonds. The molecule has 0 aliphatic heterocycles. The van der Waals surface area contributed by atoms with E-state index in [2.05, 4.69) is 49.1 Å². The van der Waals surface area contributed by atoms with Gasteiger partial charge in [0.05, 0.1) is 18.5 Å². The minimum atomic E-state index is -2.31. The van der Waals surface area contributed by atoms with E-state index >= 15 is 0 Å². The third-order valence-corrected chi connectivity index (χ3v) is 11.9. The average molecular weight is 538 g/mol. The first-order valence-electron chi connectivity index (χ1n) is 13.3. The number of aryl methyl sites for hydroxylation is 2. The molecule has 1 saturated carbocycles. The van der Waals surface area contributed by atoms with Crippen LogP contribution in [-0.2, 0) is 16.3 Å². The van der Waals surface area contributed by atoms with E-state index in [1.165, 1.54) is 4.57 Å². The molecule has 0 spiro atoms. The van der Waals surface area contributed by atoms with E-state index in [0.29, 0.717) is 27.7 Å². The number of nitrogens with zero attached hydrogens (tertiary/aromatic N) is 3. The fourth-order valence-corrected chi connectivity index (χ4v) is 5.03. The smallest absolute Gasteiger partial charge is 0.258 e. The number of nitrogens with one attached hydrogen (secondary N) is 1. The Morgan fingerprint density at radius 2 is 1.95 bits per heavy atom. The minimum absolute atomic E-state index is 0.0859. The number of anilines is 1. The molecule has 202 valence electrons.